The minimum Gasteiger partial charge on any atom is -0.493 e. The molecule has 1 spiro atoms. The molecule has 2 aromatic rings. The maximum Gasteiger partial charge on any atom is 0.263 e. The molecule has 5 rings (SSSR count). The quantitative estimate of drug-likeness (QED) is 0.859. The first-order valence-corrected chi connectivity index (χ1v) is 9.02. The molecular weight excluding hydrogens is 331 g/mol. The van der Waals surface area contributed by atoms with Crippen LogP contribution in [-0.4, -0.2) is 25.4 Å². The van der Waals surface area contributed by atoms with E-state index in [1.54, 1.807) is 13.1 Å². The summed E-state index contributed by atoms with van der Waals surface area (Å²) in [4.78, 5) is 17.6. The highest BCUT2D eigenvalue weighted by atomic mass is 19.1. The highest BCUT2D eigenvalue weighted by Crippen LogP contribution is 2.50. The number of nitrogens with zero attached hydrogens (tertiary/aromatic N) is 1. The first kappa shape index (κ1) is 15.6. The minimum atomic E-state index is -0.901. The van der Waals surface area contributed by atoms with E-state index in [0.717, 1.165) is 29.5 Å². The van der Waals surface area contributed by atoms with Crippen LogP contribution in [0.25, 0.3) is 0 Å². The van der Waals surface area contributed by atoms with E-state index in [-0.39, 0.29) is 17.6 Å². The SMILES string of the molecule is CNC1=NC(=O)C2(CCOc3ccccc32)c2cc(C3CC3)c(F)cc21. The van der Waals surface area contributed by atoms with Gasteiger partial charge in [0, 0.05) is 24.6 Å². The number of carbonyl (C=O) groups is 1. The highest BCUT2D eigenvalue weighted by molar-refractivity contribution is 6.14. The Labute approximate surface area is 151 Å². The molecule has 1 unspecified atom stereocenters. The summed E-state index contributed by atoms with van der Waals surface area (Å²) in [5.41, 5.74) is 2.16. The third kappa shape index (κ3) is 2.00. The lowest BCUT2D eigenvalue weighted by Gasteiger charge is -2.40. The van der Waals surface area contributed by atoms with Crippen molar-refractivity contribution < 1.29 is 13.9 Å². The molecule has 2 aromatic carbocycles. The number of carbonyl (C=O) groups excluding carboxylic acids is 1. The number of para-hydroxylation sites is 1. The zero-order valence-electron chi connectivity index (χ0n) is 14.5. The molecule has 0 radical (unpaired) electrons. The maximum absolute atomic E-state index is 14.7. The molecule has 5 heteroatoms. The lowest BCUT2D eigenvalue weighted by atomic mass is 9.67. The zero-order valence-corrected chi connectivity index (χ0v) is 14.5. The van der Waals surface area contributed by atoms with Crippen LogP contribution < -0.4 is 10.1 Å². The fraction of sp³-hybridized carbons (Fsp3) is 0.333. The van der Waals surface area contributed by atoms with Crippen molar-refractivity contribution in [1.29, 1.82) is 0 Å². The van der Waals surface area contributed by atoms with Gasteiger partial charge in [0.2, 0.25) is 0 Å². The average Bonchev–Trinajstić information content (AvgIpc) is 3.49. The number of amides is 1. The van der Waals surface area contributed by atoms with Gasteiger partial charge in [0.1, 0.15) is 22.8 Å². The third-order valence-corrected chi connectivity index (χ3v) is 5.77. The van der Waals surface area contributed by atoms with E-state index in [4.69, 9.17) is 4.74 Å². The number of halogens is 1. The molecule has 1 aliphatic carbocycles. The summed E-state index contributed by atoms with van der Waals surface area (Å²) in [5, 5.41) is 2.96. The van der Waals surface area contributed by atoms with Crippen molar-refractivity contribution in [3.63, 3.8) is 0 Å². The molecule has 1 N–H and O–H groups in total. The van der Waals surface area contributed by atoms with Gasteiger partial charge in [-0.2, -0.15) is 4.99 Å². The second kappa shape index (κ2) is 5.40. The van der Waals surface area contributed by atoms with Gasteiger partial charge in [0.05, 0.1) is 6.61 Å². The highest BCUT2D eigenvalue weighted by Gasteiger charge is 2.50. The molecule has 0 saturated heterocycles. The molecule has 4 nitrogen and oxygen atoms in total. The van der Waals surface area contributed by atoms with Gasteiger partial charge < -0.3 is 10.1 Å². The van der Waals surface area contributed by atoms with Gasteiger partial charge in [0.15, 0.2) is 0 Å². The molecule has 0 aromatic heterocycles. The number of nitrogens with one attached hydrogen (secondary N) is 1. The van der Waals surface area contributed by atoms with Crippen LogP contribution in [0.4, 0.5) is 4.39 Å². The summed E-state index contributed by atoms with van der Waals surface area (Å²) in [6, 6.07) is 11.1. The topological polar surface area (TPSA) is 50.7 Å². The average molecular weight is 350 g/mol. The Hall–Kier alpha value is -2.69. The Morgan fingerprint density at radius 2 is 2.04 bits per heavy atom. The molecule has 132 valence electrons. The molecule has 1 amide bonds. The van der Waals surface area contributed by atoms with Crippen LogP contribution >= 0.6 is 0 Å². The van der Waals surface area contributed by atoms with Crippen molar-refractivity contribution in [3.05, 3.63) is 64.5 Å². The van der Waals surface area contributed by atoms with E-state index in [2.05, 4.69) is 10.3 Å². The maximum atomic E-state index is 14.7. The summed E-state index contributed by atoms with van der Waals surface area (Å²) in [6.07, 6.45) is 2.51. The van der Waals surface area contributed by atoms with Crippen molar-refractivity contribution in [2.75, 3.05) is 13.7 Å². The van der Waals surface area contributed by atoms with Crippen molar-refractivity contribution in [1.82, 2.24) is 5.32 Å². The predicted octanol–water partition coefficient (Wildman–Crippen LogP) is 3.28. The van der Waals surface area contributed by atoms with Gasteiger partial charge in [-0.3, -0.25) is 4.79 Å². The summed E-state index contributed by atoms with van der Waals surface area (Å²) < 4.78 is 20.5. The van der Waals surface area contributed by atoms with E-state index in [9.17, 15) is 9.18 Å². The van der Waals surface area contributed by atoms with Crippen LogP contribution in [0.5, 0.6) is 5.75 Å². The normalized spacial score (nSPS) is 23.8. The summed E-state index contributed by atoms with van der Waals surface area (Å²) in [5.74, 6) is 0.983. The second-order valence-electron chi connectivity index (χ2n) is 7.21. The standard InChI is InChI=1S/C21H19FN2O2/c1-23-19-14-11-17(22)13(12-6-7-12)10-16(14)21(20(25)24-19)8-9-26-18-5-3-2-4-15(18)21/h2-5,10-12H,6-9H2,1H3,(H,23,24,25). The van der Waals surface area contributed by atoms with Crippen LogP contribution in [0, 0.1) is 5.82 Å². The number of fused-ring (bicyclic) bond motifs is 4. The van der Waals surface area contributed by atoms with Crippen molar-refractivity contribution in [2.24, 2.45) is 4.99 Å². The monoisotopic (exact) mass is 350 g/mol. The Balaban J connectivity index is 1.83. The number of amidine groups is 1. The van der Waals surface area contributed by atoms with E-state index >= 15 is 0 Å². The Morgan fingerprint density at radius 1 is 1.23 bits per heavy atom. The molecule has 1 fully saturated rings. The second-order valence-corrected chi connectivity index (χ2v) is 7.21. The summed E-state index contributed by atoms with van der Waals surface area (Å²) in [7, 11) is 1.71. The molecule has 0 bridgehead atoms. The fourth-order valence-electron chi connectivity index (χ4n) is 4.30. The van der Waals surface area contributed by atoms with Crippen molar-refractivity contribution in [2.45, 2.75) is 30.6 Å². The van der Waals surface area contributed by atoms with Crippen LogP contribution in [0.15, 0.2) is 41.4 Å². The number of ether oxygens (including phenoxy) is 1. The first-order valence-electron chi connectivity index (χ1n) is 9.02. The third-order valence-electron chi connectivity index (χ3n) is 5.77. The number of aliphatic imine (C=N–C) groups is 1. The summed E-state index contributed by atoms with van der Waals surface area (Å²) >= 11 is 0. The number of rotatable bonds is 1. The largest absolute Gasteiger partial charge is 0.493 e. The number of hydrogen-bond acceptors (Lipinski definition) is 3. The number of benzene rings is 2. The molecule has 1 saturated carbocycles. The van der Waals surface area contributed by atoms with Gasteiger partial charge in [-0.15, -0.1) is 0 Å². The van der Waals surface area contributed by atoms with Crippen molar-refractivity contribution >= 4 is 11.7 Å². The fourth-order valence-corrected chi connectivity index (χ4v) is 4.30. The van der Waals surface area contributed by atoms with E-state index < -0.39 is 5.41 Å². The van der Waals surface area contributed by atoms with E-state index in [0.29, 0.717) is 30.2 Å². The van der Waals surface area contributed by atoms with Gasteiger partial charge in [-0.1, -0.05) is 24.3 Å². The van der Waals surface area contributed by atoms with Crippen LogP contribution in [0.2, 0.25) is 0 Å². The van der Waals surface area contributed by atoms with Gasteiger partial charge in [0.25, 0.3) is 5.91 Å². The number of hydrogen-bond donors (Lipinski definition) is 1. The minimum absolute atomic E-state index is 0.209. The lowest BCUT2D eigenvalue weighted by Crippen LogP contribution is -2.46. The van der Waals surface area contributed by atoms with Gasteiger partial charge in [-0.25, -0.2) is 4.39 Å². The van der Waals surface area contributed by atoms with Gasteiger partial charge in [-0.05, 0) is 42.0 Å². The van der Waals surface area contributed by atoms with E-state index in [1.807, 2.05) is 30.3 Å². The summed E-state index contributed by atoms with van der Waals surface area (Å²) in [6.45, 7) is 0.433. The molecular formula is C21H19FN2O2. The van der Waals surface area contributed by atoms with Crippen LogP contribution in [-0.2, 0) is 10.2 Å². The molecule has 1 atom stereocenters. The Bertz CT molecular complexity index is 964. The van der Waals surface area contributed by atoms with Crippen LogP contribution in [0.1, 0.15) is 47.4 Å². The Morgan fingerprint density at radius 3 is 2.81 bits per heavy atom. The molecule has 2 heterocycles. The van der Waals surface area contributed by atoms with E-state index in [1.165, 1.54) is 0 Å². The molecule has 3 aliphatic rings. The zero-order chi connectivity index (χ0) is 17.9. The smallest absolute Gasteiger partial charge is 0.263 e. The van der Waals surface area contributed by atoms with Crippen molar-refractivity contribution in [3.8, 4) is 5.75 Å². The van der Waals surface area contributed by atoms with Gasteiger partial charge >= 0.3 is 0 Å². The van der Waals surface area contributed by atoms with Crippen LogP contribution in [0.3, 0.4) is 0 Å². The first-order chi connectivity index (χ1) is 12.6. The molecule has 26 heavy (non-hydrogen) atoms. The molecule has 2 aliphatic heterocycles. The predicted molar refractivity (Wildman–Crippen MR) is 96.3 cm³/mol. The lowest BCUT2D eigenvalue weighted by molar-refractivity contribution is -0.123. The Kier molecular flexibility index (Phi) is 3.23.